The number of nitrogens with zero attached hydrogens (tertiary/aromatic N) is 3. The molecule has 0 radical (unpaired) electrons. The van der Waals surface area contributed by atoms with Gasteiger partial charge in [0.25, 0.3) is 0 Å². The van der Waals surface area contributed by atoms with Crippen molar-refractivity contribution >= 4 is 88.5 Å². The number of nitrogens with one attached hydrogen (secondary N) is 3. The molecule has 3 aliphatic carbocycles. The minimum absolute atomic E-state index is 0.0111. The van der Waals surface area contributed by atoms with E-state index in [-0.39, 0.29) is 117 Å². The van der Waals surface area contributed by atoms with Crippen LogP contribution in [0.4, 0.5) is 45.1 Å². The van der Waals surface area contributed by atoms with Crippen LogP contribution in [0.3, 0.4) is 0 Å². The number of hydrogen-bond acceptors (Lipinski definition) is 10. The fourth-order valence-electron chi connectivity index (χ4n) is 15.1. The molecule has 530 valence electrons. The summed E-state index contributed by atoms with van der Waals surface area (Å²) in [5, 5.41) is 27.8. The molecule has 99 heavy (non-hydrogen) atoms. The molecule has 10 rings (SSSR count). The molecular formula is C71H74Cl3F7N6O12. The standard InChI is InChI=1S/C71H74Cl3F7N6O12/c1-3-99-66(95)58-51(63(90)87(58)69(98)83-59(70(76,77)78)43-13-8-5-9-14-43)28-17-37-31-46(34-48(72)32-37)38-18-22-42(23-19-38)55(41-11-6-4-7-12-41)82-67(96)85-56(64(91)92)50(61(85)88)30-27-45-33-47(35-53(74)36(45)2)39-20-24-44(25-21-39)60(71(79,80)81)84-68(97)86-57(65(93)94)49(62(86)89)29-26-40-15-10-16-52(73)54(40)75/h4,6-7,10-12,15-16,18-19,22-23,31-36,39,43-45,49-51,55-60H,3,5,8-9,13-14,17,20-21,24-30H2,1-2H3,(H,82,96)(H,83,98)(H,84,97)(H,91,92)(H,93,94)/t36?,39?,44?,45?,49-,50-,51-,55?,56+,57+,58+,59+,60+/m1/s1. The summed E-state index contributed by atoms with van der Waals surface area (Å²) in [5.41, 5.74) is 3.83. The van der Waals surface area contributed by atoms with E-state index in [0.29, 0.717) is 60.5 Å². The van der Waals surface area contributed by atoms with Gasteiger partial charge >= 0.3 is 48.4 Å². The van der Waals surface area contributed by atoms with E-state index in [2.05, 4.69) is 5.32 Å². The van der Waals surface area contributed by atoms with Gasteiger partial charge in [-0.2, -0.15) is 26.3 Å². The molecule has 5 N–H and O–H groups in total. The van der Waals surface area contributed by atoms with Crippen molar-refractivity contribution in [2.24, 2.45) is 47.3 Å². The molecular weight excluding hydrogens is 1370 g/mol. The van der Waals surface area contributed by atoms with Gasteiger partial charge in [-0.1, -0.05) is 140 Å². The third-order valence-electron chi connectivity index (χ3n) is 20.5. The lowest BCUT2D eigenvalue weighted by Crippen LogP contribution is -2.70. The lowest BCUT2D eigenvalue weighted by molar-refractivity contribution is -0.174. The highest BCUT2D eigenvalue weighted by molar-refractivity contribution is 6.31. The van der Waals surface area contributed by atoms with E-state index in [1.807, 2.05) is 23.6 Å². The summed E-state index contributed by atoms with van der Waals surface area (Å²) < 4.78 is 107. The number of imide groups is 3. The van der Waals surface area contributed by atoms with E-state index in [1.54, 1.807) is 78.9 Å². The zero-order valence-corrected chi connectivity index (χ0v) is 56.1. The number of halogens is 10. The second-order valence-corrected chi connectivity index (χ2v) is 27.7. The molecule has 5 fully saturated rings. The van der Waals surface area contributed by atoms with Crippen LogP contribution >= 0.6 is 34.8 Å². The number of esters is 1. The highest BCUT2D eigenvalue weighted by Crippen LogP contribution is 2.46. The lowest BCUT2D eigenvalue weighted by Gasteiger charge is -2.44. The molecule has 18 nitrogen and oxygen atoms in total. The maximum absolute atomic E-state index is 14.8. The highest BCUT2D eigenvalue weighted by atomic mass is 35.5. The number of carboxylic acids is 2. The topological polar surface area (TPSA) is 249 Å². The van der Waals surface area contributed by atoms with Crippen LogP contribution in [0.15, 0.2) is 114 Å². The zero-order valence-electron chi connectivity index (χ0n) is 53.8. The van der Waals surface area contributed by atoms with Gasteiger partial charge in [0.2, 0.25) is 17.7 Å². The third kappa shape index (κ3) is 16.1. The maximum atomic E-state index is 14.8. The number of benzene rings is 4. The fraction of sp³-hybridized carbons (Fsp3) is 0.479. The van der Waals surface area contributed by atoms with Crippen molar-refractivity contribution in [1.29, 1.82) is 0 Å². The molecule has 4 aromatic carbocycles. The van der Waals surface area contributed by atoms with E-state index < -0.39 is 138 Å². The average molecular weight is 1440 g/mol. The van der Waals surface area contributed by atoms with Crippen LogP contribution in [0, 0.1) is 53.2 Å². The minimum atomic E-state index is -5.00. The molecule has 3 unspecified atom stereocenters. The molecule has 0 bridgehead atoms. The summed E-state index contributed by atoms with van der Waals surface area (Å²) in [6, 6.07) is 10.8. The Morgan fingerprint density at radius 3 is 1.69 bits per heavy atom. The number of allylic oxidation sites excluding steroid dienone is 4. The molecule has 9 amide bonds. The van der Waals surface area contributed by atoms with Gasteiger partial charge in [-0.05, 0) is 177 Å². The molecule has 3 heterocycles. The Balaban J connectivity index is 0.751. The number of carboxylic acid groups (broad SMARTS) is 2. The van der Waals surface area contributed by atoms with Crippen molar-refractivity contribution in [3.63, 3.8) is 0 Å². The summed E-state index contributed by atoms with van der Waals surface area (Å²) in [5.74, 6) is -13.8. The molecule has 0 aromatic heterocycles. The Labute approximate surface area is 580 Å². The van der Waals surface area contributed by atoms with E-state index >= 15 is 0 Å². The Hall–Kier alpha value is -8.03. The molecule has 28 heteroatoms. The van der Waals surface area contributed by atoms with Gasteiger partial charge < -0.3 is 30.9 Å². The summed E-state index contributed by atoms with van der Waals surface area (Å²) in [7, 11) is 0. The van der Waals surface area contributed by atoms with Crippen LogP contribution in [-0.2, 0) is 46.3 Å². The lowest BCUT2D eigenvalue weighted by atomic mass is 9.72. The maximum Gasteiger partial charge on any atom is 0.408 e. The number of hydrogen-bond donors (Lipinski definition) is 5. The van der Waals surface area contributed by atoms with Crippen molar-refractivity contribution in [2.75, 3.05) is 6.61 Å². The van der Waals surface area contributed by atoms with Gasteiger partial charge in [-0.25, -0.2) is 47.9 Å². The minimum Gasteiger partial charge on any atom is -0.480 e. The number of ether oxygens (including phenoxy) is 1. The number of aliphatic carboxylic acids is 2. The van der Waals surface area contributed by atoms with E-state index in [4.69, 9.17) is 39.5 Å². The van der Waals surface area contributed by atoms with Gasteiger partial charge in [0.15, 0.2) is 18.1 Å². The summed E-state index contributed by atoms with van der Waals surface area (Å²) in [4.78, 5) is 122. The van der Waals surface area contributed by atoms with Crippen molar-refractivity contribution in [1.82, 2.24) is 30.7 Å². The number of likely N-dealkylation sites (tertiary alicyclic amines) is 3. The monoisotopic (exact) mass is 1440 g/mol. The van der Waals surface area contributed by atoms with Crippen LogP contribution < -0.4 is 16.0 Å². The summed E-state index contributed by atoms with van der Waals surface area (Å²) in [6.45, 7) is 3.26. The predicted molar refractivity (Wildman–Crippen MR) is 349 cm³/mol. The Morgan fingerprint density at radius 1 is 0.596 bits per heavy atom. The molecule has 0 spiro atoms. The van der Waals surface area contributed by atoms with Gasteiger partial charge in [0.1, 0.15) is 17.9 Å². The SMILES string of the molecule is CCOC(=O)[C@@H]1[C@@H](CCc2cc(Cl)cc(-c3ccc(C(NC(=O)N4C(=O)[C@H](CCC5C=C(C6CCC([C@H](NC(=O)N7C(=O)[C@H](CCc8cccc(Cl)c8F)[C@H]7C(=O)O)C(F)(F)F)CC6)C=C(Cl)C5C)[C@H]4C(=O)O)c4ccccc4)cc3)c2)C(=O)N1C(=O)N[C@@H](C1CCCCC1)C(F)(F)F. The van der Waals surface area contributed by atoms with Gasteiger partial charge in [-0.15, -0.1) is 0 Å². The second-order valence-electron chi connectivity index (χ2n) is 26.4. The number of aryl methyl sites for hydroxylation is 2. The molecule has 6 aliphatic rings. The summed E-state index contributed by atoms with van der Waals surface area (Å²) in [6.07, 6.45) is -3.25. The second kappa shape index (κ2) is 30.8. The zero-order chi connectivity index (χ0) is 71.5. The molecule has 3 saturated heterocycles. The highest BCUT2D eigenvalue weighted by Gasteiger charge is 2.59. The van der Waals surface area contributed by atoms with Crippen molar-refractivity contribution in [3.8, 4) is 11.1 Å². The molecule has 2 saturated carbocycles. The van der Waals surface area contributed by atoms with Crippen LogP contribution in [0.1, 0.15) is 126 Å². The van der Waals surface area contributed by atoms with Crippen molar-refractivity contribution < 1.29 is 88.8 Å². The van der Waals surface area contributed by atoms with Crippen LogP contribution in [0.25, 0.3) is 11.1 Å². The van der Waals surface area contributed by atoms with Crippen LogP contribution in [-0.4, -0.2) is 128 Å². The quantitative estimate of drug-likeness (QED) is 0.0280. The van der Waals surface area contributed by atoms with Gasteiger partial charge in [-0.3, -0.25) is 14.4 Å². The van der Waals surface area contributed by atoms with Crippen molar-refractivity contribution in [3.05, 3.63) is 152 Å². The fourth-order valence-corrected chi connectivity index (χ4v) is 15.9. The number of carbonyl (C=O) groups excluding carboxylic acids is 7. The largest absolute Gasteiger partial charge is 0.480 e. The van der Waals surface area contributed by atoms with Gasteiger partial charge in [0, 0.05) is 10.1 Å². The number of β-lactam (4-membered cyclic amide) rings is 3. The Bertz CT molecular complexity index is 3810. The predicted octanol–water partition coefficient (Wildman–Crippen LogP) is 14.1. The van der Waals surface area contributed by atoms with E-state index in [1.165, 1.54) is 25.1 Å². The average Bonchev–Trinajstić information content (AvgIpc) is 0.756. The number of amides is 9. The number of carbonyl (C=O) groups is 9. The number of urea groups is 3. The Kier molecular flexibility index (Phi) is 23.0. The Morgan fingerprint density at radius 2 is 1.12 bits per heavy atom. The first kappa shape index (κ1) is 73.7. The molecule has 3 aliphatic heterocycles. The third-order valence-corrected chi connectivity index (χ3v) is 21.4. The van der Waals surface area contributed by atoms with Crippen LogP contribution in [0.5, 0.6) is 0 Å². The molecule has 11 atom stereocenters. The van der Waals surface area contributed by atoms with Crippen LogP contribution in [0.2, 0.25) is 10.0 Å². The number of alkyl halides is 6. The molecule has 4 aromatic rings. The van der Waals surface area contributed by atoms with E-state index in [0.717, 1.165) is 12.0 Å². The number of rotatable bonds is 22. The first-order valence-corrected chi connectivity index (χ1v) is 34.2. The first-order chi connectivity index (χ1) is 47.0. The first-order valence-electron chi connectivity index (χ1n) is 33.1. The smallest absolute Gasteiger partial charge is 0.408 e. The normalized spacial score (nSPS) is 25.2. The van der Waals surface area contributed by atoms with Gasteiger partial charge in [0.05, 0.1) is 35.4 Å². The van der Waals surface area contributed by atoms with Crippen molar-refractivity contribution in [2.45, 2.75) is 159 Å². The van der Waals surface area contributed by atoms with E-state index in [9.17, 15) is 84.1 Å². The summed E-state index contributed by atoms with van der Waals surface area (Å²) >= 11 is 19.3.